The van der Waals surface area contributed by atoms with Crippen LogP contribution >= 0.6 is 0 Å². The fourth-order valence-electron chi connectivity index (χ4n) is 7.09. The molecule has 0 spiro atoms. The first kappa shape index (κ1) is 82.9. The third-order valence-corrected chi connectivity index (χ3v) is 10.4. The van der Waals surface area contributed by atoms with Gasteiger partial charge in [-0.1, -0.05) is 0 Å². The highest BCUT2D eigenvalue weighted by Crippen LogP contribution is 2.32. The number of rotatable bonds is 9. The summed E-state index contributed by atoms with van der Waals surface area (Å²) in [6.07, 6.45) is -20.6. The zero-order chi connectivity index (χ0) is 63.8. The van der Waals surface area contributed by atoms with Crippen molar-refractivity contribution in [2.45, 2.75) is 261 Å². The summed E-state index contributed by atoms with van der Waals surface area (Å²) < 4.78 is 59.2. The summed E-state index contributed by atoms with van der Waals surface area (Å²) >= 11 is 0. The Kier molecular flexibility index (Phi) is 38.4. The number of hydrogen-bond donors (Lipinski definition) is 14. The second kappa shape index (κ2) is 38.0. The van der Waals surface area contributed by atoms with Crippen LogP contribution < -0.4 is 0 Å². The van der Waals surface area contributed by atoms with Gasteiger partial charge in [-0.05, 0) is 110 Å². The van der Waals surface area contributed by atoms with E-state index in [2.05, 4.69) is 0 Å². The monoisotopic (exact) mass is 1200 g/mol. The number of aliphatic hydroxyl groups excluding tert-OH is 14. The number of ether oxygens (including phenoxy) is 11. The molecule has 32 heteroatoms. The first-order valence-corrected chi connectivity index (χ1v) is 25.2. The zero-order valence-corrected chi connectivity index (χ0v) is 48.8. The zero-order valence-electron chi connectivity index (χ0n) is 48.8. The van der Waals surface area contributed by atoms with Gasteiger partial charge < -0.3 is 129 Å². The highest BCUT2D eigenvalue weighted by molar-refractivity contribution is 5.20. The summed E-state index contributed by atoms with van der Waals surface area (Å²) in [5.74, 6) is 0. The lowest BCUT2D eigenvalue weighted by molar-refractivity contribution is -0.355. The average molecular weight is 1210 g/mol. The second-order valence-corrected chi connectivity index (χ2v) is 23.2. The minimum Gasteiger partial charge on any atom is -0.470 e. The first-order valence-electron chi connectivity index (χ1n) is 25.2. The summed E-state index contributed by atoms with van der Waals surface area (Å²) in [5, 5.41) is 136. The normalized spacial score (nSPS) is 35.5. The molecule has 21 atom stereocenters. The number of aliphatic hydroxyl groups is 14. The first-order chi connectivity index (χ1) is 36.9. The molecule has 5 heterocycles. The van der Waals surface area contributed by atoms with Crippen LogP contribution in [0.3, 0.4) is 0 Å². The van der Waals surface area contributed by atoms with E-state index in [1.54, 1.807) is 62.3 Å². The van der Waals surface area contributed by atoms with Crippen LogP contribution in [0.4, 0.5) is 0 Å². The molecule has 5 aliphatic rings. The molecular weight excluding hydrogens is 1110 g/mol. The molecule has 0 aromatic carbocycles. The van der Waals surface area contributed by atoms with E-state index in [1.165, 1.54) is 12.3 Å². The Balaban J connectivity index is -0.00000101. The van der Waals surface area contributed by atoms with Crippen LogP contribution in [0.25, 0.3) is 0 Å². The van der Waals surface area contributed by atoms with Crippen LogP contribution in [-0.2, 0) is 80.9 Å². The summed E-state index contributed by atoms with van der Waals surface area (Å²) in [5.41, 5.74) is -2.66. The molecule has 82 heavy (non-hydrogen) atoms. The third kappa shape index (κ3) is 31.7. The standard InChI is InChI=1S/C19H36O10.C10H20O6.C9H18O5.C9H16O4.3CO2.H2O/c1-18(2,3)28-15-9(7-20)26-17(14(24)12(15)22)27-10-8-25-16(13(23)11(10)21)29-19(4,5)6;1-10(2,3)16-8-5(4-11)15-9(14)7(13)6(8)12;1-9(2,3)14-8-7(12)6(11)5(10)4-13-8;1-9(2,3)13-8-7(11)6(10)4-5-12-8;3*2-1-3;/h9-17,20-24H,7-8H2,1-6H3;5-9,11-14H,4H2,1-3H3;5-8,10-12H,4H2,1-3H3;4-8,10-11H,1-3H3;;;;1H2. The van der Waals surface area contributed by atoms with Crippen molar-refractivity contribution in [2.24, 2.45) is 0 Å². The van der Waals surface area contributed by atoms with E-state index in [0.717, 1.165) is 0 Å². The SMILES string of the molecule is CC(C)(C)OC1C(CO)OC(O)C(O)C1O.CC(C)(C)OC1OC=CC(O)C1O.CC(C)(C)OC1OCC(O)C(O)C1O.CC(C)(C)OC1OCC(OC2OC(CO)C(OC(C)(C)C)C(O)C2O)C(O)C1O.O.O=C=O.O=C=O.O=C=O. The second-order valence-electron chi connectivity index (χ2n) is 23.2. The Morgan fingerprint density at radius 2 is 0.768 bits per heavy atom. The van der Waals surface area contributed by atoms with Gasteiger partial charge in [0.1, 0.15) is 97.7 Å². The van der Waals surface area contributed by atoms with Gasteiger partial charge in [-0.2, -0.15) is 28.8 Å². The molecule has 16 N–H and O–H groups in total. The molecule has 0 amide bonds. The van der Waals surface area contributed by atoms with E-state index in [4.69, 9.17) is 86.0 Å². The molecule has 0 aromatic rings. The van der Waals surface area contributed by atoms with Gasteiger partial charge >= 0.3 is 18.5 Å². The summed E-state index contributed by atoms with van der Waals surface area (Å²) in [4.78, 5) is 48.8. The Labute approximate surface area is 475 Å². The maximum absolute atomic E-state index is 10.5. The largest absolute Gasteiger partial charge is 0.470 e. The van der Waals surface area contributed by atoms with Gasteiger partial charge in [-0.25, -0.2) is 0 Å². The molecule has 0 bridgehead atoms. The molecule has 0 radical (unpaired) electrons. The Morgan fingerprint density at radius 1 is 0.427 bits per heavy atom. The van der Waals surface area contributed by atoms with Crippen LogP contribution in [0.15, 0.2) is 12.3 Å². The van der Waals surface area contributed by atoms with Crippen molar-refractivity contribution in [3.05, 3.63) is 12.3 Å². The van der Waals surface area contributed by atoms with E-state index < -0.39 is 170 Å². The Morgan fingerprint density at radius 3 is 1.16 bits per heavy atom. The van der Waals surface area contributed by atoms with E-state index >= 15 is 0 Å². The maximum Gasteiger partial charge on any atom is 0.373 e. The van der Waals surface area contributed by atoms with Gasteiger partial charge in [0.15, 0.2) is 25.2 Å². The molecule has 5 rings (SSSR count). The minimum absolute atomic E-state index is 0. The maximum atomic E-state index is 10.5. The molecule has 21 unspecified atom stereocenters. The highest BCUT2D eigenvalue weighted by atomic mass is 16.7. The highest BCUT2D eigenvalue weighted by Gasteiger charge is 2.51. The van der Waals surface area contributed by atoms with Crippen molar-refractivity contribution >= 4 is 18.5 Å². The van der Waals surface area contributed by atoms with Crippen LogP contribution in [0, 0.1) is 0 Å². The lowest BCUT2D eigenvalue weighted by Gasteiger charge is -2.46. The van der Waals surface area contributed by atoms with Crippen LogP contribution in [0.2, 0.25) is 0 Å². The number of hydrogen-bond acceptors (Lipinski definition) is 31. The molecular formula is C50H92O32. The van der Waals surface area contributed by atoms with Gasteiger partial charge in [-0.15, -0.1) is 0 Å². The predicted molar refractivity (Wildman–Crippen MR) is 269 cm³/mol. The summed E-state index contributed by atoms with van der Waals surface area (Å²) in [7, 11) is 0. The quantitative estimate of drug-likeness (QED) is 0.102. The van der Waals surface area contributed by atoms with Gasteiger partial charge in [0, 0.05) is 0 Å². The topological polar surface area (TPSA) is 519 Å². The van der Waals surface area contributed by atoms with Crippen LogP contribution in [0.5, 0.6) is 0 Å². The molecule has 5 aliphatic heterocycles. The molecule has 0 aromatic heterocycles. The Bertz CT molecular complexity index is 1810. The lowest BCUT2D eigenvalue weighted by atomic mass is 9.97. The summed E-state index contributed by atoms with van der Waals surface area (Å²) in [6.45, 7) is 26.0. The van der Waals surface area contributed by atoms with Gasteiger partial charge in [0.2, 0.25) is 6.29 Å². The molecule has 32 nitrogen and oxygen atoms in total. The van der Waals surface area contributed by atoms with Crippen molar-refractivity contribution in [3.63, 3.8) is 0 Å². The van der Waals surface area contributed by atoms with Gasteiger partial charge in [0.25, 0.3) is 0 Å². The minimum atomic E-state index is -1.51. The molecule has 484 valence electrons. The van der Waals surface area contributed by atoms with Crippen molar-refractivity contribution in [2.75, 3.05) is 26.4 Å². The molecule has 4 fully saturated rings. The van der Waals surface area contributed by atoms with E-state index in [0.29, 0.717) is 0 Å². The Hall–Kier alpha value is -3.32. The van der Waals surface area contributed by atoms with E-state index in [-0.39, 0.29) is 37.1 Å². The molecule has 0 saturated carbocycles. The smallest absolute Gasteiger partial charge is 0.373 e. The molecule has 0 aliphatic carbocycles. The lowest BCUT2D eigenvalue weighted by Crippen LogP contribution is -2.63. The van der Waals surface area contributed by atoms with Crippen molar-refractivity contribution in [1.82, 2.24) is 0 Å². The fraction of sp³-hybridized carbons (Fsp3) is 0.900. The fourth-order valence-corrected chi connectivity index (χ4v) is 7.09. The number of carbonyl (C=O) groups excluding carboxylic acids is 6. The third-order valence-electron chi connectivity index (χ3n) is 10.4. The van der Waals surface area contributed by atoms with Crippen molar-refractivity contribution in [3.8, 4) is 0 Å². The molecule has 4 saturated heterocycles. The van der Waals surface area contributed by atoms with E-state index in [9.17, 15) is 66.4 Å². The predicted octanol–water partition coefficient (Wildman–Crippen LogP) is -5.45. The summed E-state index contributed by atoms with van der Waals surface area (Å²) in [6, 6.07) is 0. The van der Waals surface area contributed by atoms with Crippen molar-refractivity contribution < 1.29 is 158 Å². The van der Waals surface area contributed by atoms with Gasteiger partial charge in [0.05, 0.1) is 60.7 Å². The van der Waals surface area contributed by atoms with E-state index in [1.807, 2.05) is 41.5 Å². The van der Waals surface area contributed by atoms with Crippen molar-refractivity contribution in [1.29, 1.82) is 0 Å². The average Bonchev–Trinajstić information content (AvgIpc) is 3.32. The van der Waals surface area contributed by atoms with Crippen LogP contribution in [0.1, 0.15) is 104 Å². The van der Waals surface area contributed by atoms with Gasteiger partial charge in [-0.3, -0.25) is 0 Å². The van der Waals surface area contributed by atoms with Crippen LogP contribution in [-0.4, -0.2) is 279 Å².